The molecule has 3 N–H and O–H groups in total. The summed E-state index contributed by atoms with van der Waals surface area (Å²) in [6, 6.07) is 7.00. The van der Waals surface area contributed by atoms with Gasteiger partial charge in [-0.25, -0.2) is 0 Å². The molecule has 2 aromatic rings. The summed E-state index contributed by atoms with van der Waals surface area (Å²) in [5, 5.41) is 18.4. The lowest BCUT2D eigenvalue weighted by atomic mass is 10.1. The Morgan fingerprint density at radius 2 is 2.06 bits per heavy atom. The zero-order chi connectivity index (χ0) is 11.7. The molecule has 16 heavy (non-hydrogen) atoms. The van der Waals surface area contributed by atoms with Gasteiger partial charge >= 0.3 is 0 Å². The lowest BCUT2D eigenvalue weighted by Crippen LogP contribution is -2.04. The number of aliphatic hydroxyl groups excluding tert-OH is 1. The number of nitrogens with zero attached hydrogens (tertiary/aromatic N) is 3. The lowest BCUT2D eigenvalue weighted by molar-refractivity contribution is 0.215. The van der Waals surface area contributed by atoms with Crippen LogP contribution in [-0.4, -0.2) is 20.1 Å². The van der Waals surface area contributed by atoms with Crippen molar-refractivity contribution in [3.8, 4) is 0 Å². The summed E-state index contributed by atoms with van der Waals surface area (Å²) in [7, 11) is 1.64. The molecule has 0 aliphatic carbocycles. The number of benzene rings is 1. The molecule has 0 spiro atoms. The van der Waals surface area contributed by atoms with Crippen molar-refractivity contribution in [2.45, 2.75) is 6.10 Å². The molecule has 84 valence electrons. The van der Waals surface area contributed by atoms with E-state index in [1.165, 1.54) is 4.80 Å². The quantitative estimate of drug-likeness (QED) is 0.822. The van der Waals surface area contributed by atoms with E-state index in [4.69, 9.17) is 17.3 Å². The molecule has 0 radical (unpaired) electrons. The number of aryl methyl sites for hydroxylation is 1. The predicted octanol–water partition coefficient (Wildman–Crippen LogP) is 1.13. The smallest absolute Gasteiger partial charge is 0.172 e. The number of halogens is 1. The van der Waals surface area contributed by atoms with Crippen LogP contribution in [0.3, 0.4) is 0 Å². The highest BCUT2D eigenvalue weighted by Gasteiger charge is 2.20. The molecule has 5 nitrogen and oxygen atoms in total. The molecule has 0 amide bonds. The minimum absolute atomic E-state index is 0.204. The molecule has 1 aromatic heterocycles. The van der Waals surface area contributed by atoms with E-state index >= 15 is 0 Å². The van der Waals surface area contributed by atoms with Crippen LogP contribution in [0.4, 0.5) is 5.82 Å². The third kappa shape index (κ3) is 1.87. The third-order valence-electron chi connectivity index (χ3n) is 2.23. The Morgan fingerprint density at radius 1 is 1.38 bits per heavy atom. The van der Waals surface area contributed by atoms with E-state index in [0.29, 0.717) is 16.3 Å². The van der Waals surface area contributed by atoms with E-state index in [1.54, 1.807) is 31.3 Å². The highest BCUT2D eigenvalue weighted by Crippen LogP contribution is 2.28. The van der Waals surface area contributed by atoms with Gasteiger partial charge in [-0.1, -0.05) is 29.8 Å². The molecule has 1 heterocycles. The Bertz CT molecular complexity index is 511. The van der Waals surface area contributed by atoms with Crippen molar-refractivity contribution in [1.29, 1.82) is 0 Å². The van der Waals surface area contributed by atoms with Gasteiger partial charge in [-0.15, -0.1) is 5.10 Å². The van der Waals surface area contributed by atoms with Gasteiger partial charge in [0.1, 0.15) is 11.8 Å². The maximum atomic E-state index is 10.1. The summed E-state index contributed by atoms with van der Waals surface area (Å²) >= 11 is 5.97. The molecule has 0 aliphatic rings. The maximum Gasteiger partial charge on any atom is 0.172 e. The second kappa shape index (κ2) is 4.11. The fraction of sp³-hybridized carbons (Fsp3) is 0.200. The summed E-state index contributed by atoms with van der Waals surface area (Å²) in [5.41, 5.74) is 6.51. The van der Waals surface area contributed by atoms with E-state index < -0.39 is 6.10 Å². The molecule has 0 saturated carbocycles. The normalized spacial score (nSPS) is 12.7. The number of rotatable bonds is 2. The average molecular weight is 239 g/mol. The van der Waals surface area contributed by atoms with Gasteiger partial charge in [-0.3, -0.25) is 0 Å². The highest BCUT2D eigenvalue weighted by molar-refractivity contribution is 6.31. The van der Waals surface area contributed by atoms with E-state index in [1.807, 2.05) is 0 Å². The van der Waals surface area contributed by atoms with Crippen LogP contribution < -0.4 is 5.73 Å². The van der Waals surface area contributed by atoms with Gasteiger partial charge in [0, 0.05) is 17.6 Å². The molecule has 1 unspecified atom stereocenters. The van der Waals surface area contributed by atoms with Crippen molar-refractivity contribution in [3.05, 3.63) is 40.5 Å². The van der Waals surface area contributed by atoms with Gasteiger partial charge in [0.05, 0.1) is 0 Å². The van der Waals surface area contributed by atoms with Crippen LogP contribution in [0, 0.1) is 0 Å². The molecule has 2 rings (SSSR count). The Balaban J connectivity index is 2.43. The van der Waals surface area contributed by atoms with Gasteiger partial charge in [0.25, 0.3) is 0 Å². The number of anilines is 1. The second-order valence-electron chi connectivity index (χ2n) is 3.38. The first kappa shape index (κ1) is 10.9. The summed E-state index contributed by atoms with van der Waals surface area (Å²) in [5.74, 6) is 0.204. The first-order valence-electron chi connectivity index (χ1n) is 4.68. The Labute approximate surface area is 97.5 Å². The monoisotopic (exact) mass is 238 g/mol. The number of aliphatic hydroxyl groups is 1. The third-order valence-corrected chi connectivity index (χ3v) is 2.57. The van der Waals surface area contributed by atoms with Crippen molar-refractivity contribution in [2.24, 2.45) is 7.05 Å². The summed E-state index contributed by atoms with van der Waals surface area (Å²) in [6.07, 6.45) is -0.956. The first-order chi connectivity index (χ1) is 7.59. The van der Waals surface area contributed by atoms with Gasteiger partial charge in [0.15, 0.2) is 5.82 Å². The average Bonchev–Trinajstić information content (AvgIpc) is 2.58. The van der Waals surface area contributed by atoms with Crippen molar-refractivity contribution in [2.75, 3.05) is 5.73 Å². The Kier molecular flexibility index (Phi) is 2.80. The molecular weight excluding hydrogens is 228 g/mol. The zero-order valence-electron chi connectivity index (χ0n) is 8.63. The van der Waals surface area contributed by atoms with Crippen molar-refractivity contribution in [3.63, 3.8) is 0 Å². The molecule has 0 aliphatic heterocycles. The topological polar surface area (TPSA) is 77.0 Å². The minimum atomic E-state index is -0.956. The summed E-state index contributed by atoms with van der Waals surface area (Å²) < 4.78 is 0. The Hall–Kier alpha value is -1.59. The highest BCUT2D eigenvalue weighted by atomic mass is 35.5. The summed E-state index contributed by atoms with van der Waals surface area (Å²) in [4.78, 5) is 1.31. The second-order valence-corrected chi connectivity index (χ2v) is 3.79. The van der Waals surface area contributed by atoms with E-state index in [9.17, 15) is 5.11 Å². The molecule has 6 heteroatoms. The first-order valence-corrected chi connectivity index (χ1v) is 5.06. The minimum Gasteiger partial charge on any atom is -0.382 e. The van der Waals surface area contributed by atoms with Crippen LogP contribution in [0.15, 0.2) is 24.3 Å². The molecule has 1 aromatic carbocycles. The fourth-order valence-electron chi connectivity index (χ4n) is 1.48. The molecule has 0 saturated heterocycles. The number of hydrogen-bond donors (Lipinski definition) is 2. The Morgan fingerprint density at radius 3 is 2.62 bits per heavy atom. The van der Waals surface area contributed by atoms with Gasteiger partial charge in [-0.2, -0.15) is 9.90 Å². The number of nitrogen functional groups attached to an aromatic ring is 1. The van der Waals surface area contributed by atoms with Crippen LogP contribution in [0.25, 0.3) is 0 Å². The van der Waals surface area contributed by atoms with Crippen molar-refractivity contribution in [1.82, 2.24) is 15.0 Å². The van der Waals surface area contributed by atoms with E-state index in [-0.39, 0.29) is 5.82 Å². The summed E-state index contributed by atoms with van der Waals surface area (Å²) in [6.45, 7) is 0. The SMILES string of the molecule is Cn1nc(N)c(C(O)c2ccccc2Cl)n1. The van der Waals surface area contributed by atoms with Crippen LogP contribution >= 0.6 is 11.6 Å². The zero-order valence-corrected chi connectivity index (χ0v) is 9.39. The largest absolute Gasteiger partial charge is 0.382 e. The number of aromatic nitrogens is 3. The van der Waals surface area contributed by atoms with Crippen LogP contribution in [0.1, 0.15) is 17.4 Å². The van der Waals surface area contributed by atoms with Gasteiger partial charge in [-0.05, 0) is 6.07 Å². The lowest BCUT2D eigenvalue weighted by Gasteiger charge is -2.09. The molecule has 0 fully saturated rings. The molecule has 1 atom stereocenters. The van der Waals surface area contributed by atoms with E-state index in [0.717, 1.165) is 0 Å². The number of nitrogens with two attached hydrogens (primary N) is 1. The van der Waals surface area contributed by atoms with Crippen LogP contribution in [-0.2, 0) is 7.05 Å². The standard InChI is InChI=1S/C10H11ClN4O/c1-15-13-8(10(12)14-15)9(16)6-4-2-3-5-7(6)11/h2-5,9,16H,1H3,(H2,12,14). The van der Waals surface area contributed by atoms with E-state index in [2.05, 4.69) is 10.2 Å². The van der Waals surface area contributed by atoms with Crippen molar-refractivity contribution >= 4 is 17.4 Å². The van der Waals surface area contributed by atoms with Crippen LogP contribution in [0.2, 0.25) is 5.02 Å². The van der Waals surface area contributed by atoms with Gasteiger partial charge in [0.2, 0.25) is 0 Å². The fourth-order valence-corrected chi connectivity index (χ4v) is 1.71. The van der Waals surface area contributed by atoms with Crippen LogP contribution in [0.5, 0.6) is 0 Å². The maximum absolute atomic E-state index is 10.1. The predicted molar refractivity (Wildman–Crippen MR) is 60.9 cm³/mol. The van der Waals surface area contributed by atoms with Crippen molar-refractivity contribution < 1.29 is 5.11 Å². The van der Waals surface area contributed by atoms with Gasteiger partial charge < -0.3 is 10.8 Å². The molecular formula is C10H11ClN4O. The molecule has 0 bridgehead atoms. The number of hydrogen-bond acceptors (Lipinski definition) is 4.